The van der Waals surface area contributed by atoms with E-state index in [-0.39, 0.29) is 0 Å². The van der Waals surface area contributed by atoms with Crippen LogP contribution in [0.25, 0.3) is 66.1 Å². The molecule has 1 nitrogen and oxygen atoms in total. The van der Waals surface area contributed by atoms with Crippen molar-refractivity contribution in [1.29, 1.82) is 0 Å². The minimum absolute atomic E-state index is 1.10. The van der Waals surface area contributed by atoms with Crippen LogP contribution in [0.2, 0.25) is 0 Å². The molecule has 0 spiro atoms. The zero-order valence-corrected chi connectivity index (χ0v) is 28.2. The van der Waals surface area contributed by atoms with Crippen molar-refractivity contribution in [3.63, 3.8) is 0 Å². The van der Waals surface area contributed by atoms with E-state index in [9.17, 15) is 0 Å². The normalized spacial score (nSPS) is 11.1. The number of fused-ring (bicyclic) bond motifs is 2. The van der Waals surface area contributed by atoms with Crippen LogP contribution in [-0.2, 0) is 0 Å². The van der Waals surface area contributed by atoms with Gasteiger partial charge in [-0.1, -0.05) is 182 Å². The van der Waals surface area contributed by atoms with Gasteiger partial charge in [-0.25, -0.2) is 0 Å². The number of hydrogen-bond donors (Lipinski definition) is 0. The van der Waals surface area contributed by atoms with Gasteiger partial charge in [0.2, 0.25) is 0 Å². The molecule has 0 aliphatic rings. The first-order valence-electron chi connectivity index (χ1n) is 17.5. The Hall–Kier alpha value is -6.70. The second kappa shape index (κ2) is 13.3. The fraction of sp³-hybridized carbons (Fsp3) is 0. The number of hydrogen-bond acceptors (Lipinski definition) is 1. The summed E-state index contributed by atoms with van der Waals surface area (Å²) in [6, 6.07) is 76.6. The third kappa shape index (κ3) is 5.75. The molecule has 0 aliphatic heterocycles. The molecule has 0 radical (unpaired) electrons. The van der Waals surface area contributed by atoms with E-state index in [1.165, 1.54) is 66.1 Å². The lowest BCUT2D eigenvalue weighted by Gasteiger charge is -2.28. The van der Waals surface area contributed by atoms with Crippen molar-refractivity contribution in [3.8, 4) is 44.5 Å². The van der Waals surface area contributed by atoms with Crippen LogP contribution in [0.15, 0.2) is 212 Å². The van der Waals surface area contributed by atoms with Crippen molar-refractivity contribution in [2.24, 2.45) is 0 Å². The highest BCUT2D eigenvalue weighted by atomic mass is 15.1. The van der Waals surface area contributed by atoms with Gasteiger partial charge < -0.3 is 4.90 Å². The van der Waals surface area contributed by atoms with Crippen LogP contribution >= 0.6 is 0 Å². The minimum Gasteiger partial charge on any atom is -0.310 e. The number of benzene rings is 9. The van der Waals surface area contributed by atoms with Crippen molar-refractivity contribution < 1.29 is 0 Å². The summed E-state index contributed by atoms with van der Waals surface area (Å²) in [4.78, 5) is 2.39. The lowest BCUT2D eigenvalue weighted by atomic mass is 9.89. The van der Waals surface area contributed by atoms with Gasteiger partial charge >= 0.3 is 0 Å². The smallest absolute Gasteiger partial charge is 0.0540 e. The first kappa shape index (κ1) is 30.4. The molecule has 0 atom stereocenters. The third-order valence-corrected chi connectivity index (χ3v) is 9.88. The van der Waals surface area contributed by atoms with Crippen LogP contribution in [0.5, 0.6) is 0 Å². The van der Waals surface area contributed by atoms with Crippen molar-refractivity contribution in [3.05, 3.63) is 212 Å². The molecule has 0 heterocycles. The van der Waals surface area contributed by atoms with Crippen LogP contribution in [0.4, 0.5) is 17.1 Å². The first-order valence-corrected chi connectivity index (χ1v) is 17.5. The van der Waals surface area contributed by atoms with E-state index in [1.54, 1.807) is 0 Å². The highest BCUT2D eigenvalue weighted by molar-refractivity contribution is 6.04. The van der Waals surface area contributed by atoms with Gasteiger partial charge in [0.05, 0.1) is 5.69 Å². The topological polar surface area (TPSA) is 3.24 Å². The Bertz CT molecular complexity index is 2600. The average Bonchev–Trinajstić information content (AvgIpc) is 3.22. The maximum Gasteiger partial charge on any atom is 0.0540 e. The van der Waals surface area contributed by atoms with Crippen LogP contribution in [-0.4, -0.2) is 0 Å². The van der Waals surface area contributed by atoms with E-state index in [0.29, 0.717) is 0 Å². The summed E-state index contributed by atoms with van der Waals surface area (Å²) in [5.41, 5.74) is 13.0. The van der Waals surface area contributed by atoms with Crippen LogP contribution < -0.4 is 4.90 Å². The lowest BCUT2D eigenvalue weighted by molar-refractivity contribution is 1.28. The van der Waals surface area contributed by atoms with Gasteiger partial charge in [0.1, 0.15) is 0 Å². The van der Waals surface area contributed by atoms with Gasteiger partial charge in [0, 0.05) is 16.9 Å². The Morgan fingerprint density at radius 3 is 1.41 bits per heavy atom. The molecule has 0 unspecified atom stereocenters. The summed E-state index contributed by atoms with van der Waals surface area (Å²) in [7, 11) is 0. The van der Waals surface area contributed by atoms with Gasteiger partial charge in [0.25, 0.3) is 0 Å². The number of para-hydroxylation sites is 1. The molecule has 9 aromatic rings. The van der Waals surface area contributed by atoms with Crippen molar-refractivity contribution >= 4 is 38.6 Å². The molecule has 1 heteroatoms. The molecule has 240 valence electrons. The van der Waals surface area contributed by atoms with E-state index < -0.39 is 0 Å². The van der Waals surface area contributed by atoms with E-state index in [0.717, 1.165) is 17.1 Å². The molecular weight excluding hydrogens is 615 g/mol. The summed E-state index contributed by atoms with van der Waals surface area (Å²) >= 11 is 0. The summed E-state index contributed by atoms with van der Waals surface area (Å²) in [6.45, 7) is 0. The Kier molecular flexibility index (Phi) is 7.92. The molecule has 0 saturated heterocycles. The third-order valence-electron chi connectivity index (χ3n) is 9.88. The quantitative estimate of drug-likeness (QED) is 0.166. The standard InChI is InChI=1S/C50H35N/c1-3-14-37(15-4-1)46-22-11-12-25-49(46)51(42-31-26-40(27-32-42)45-24-13-20-36-18-7-9-21-44(36)45)43-33-28-41(29-34-43)50-47-23-10-8-19-39(47)30-35-48(50)38-16-5-2-6-17-38/h1-35H. The fourth-order valence-corrected chi connectivity index (χ4v) is 7.44. The molecule has 0 fully saturated rings. The zero-order valence-electron chi connectivity index (χ0n) is 28.2. The van der Waals surface area contributed by atoms with E-state index in [2.05, 4.69) is 217 Å². The summed E-state index contributed by atoms with van der Waals surface area (Å²) in [6.07, 6.45) is 0. The molecule has 0 amide bonds. The van der Waals surface area contributed by atoms with Gasteiger partial charge in [0.15, 0.2) is 0 Å². The predicted octanol–water partition coefficient (Wildman–Crippen LogP) is 14.1. The van der Waals surface area contributed by atoms with Crippen LogP contribution in [0, 0.1) is 0 Å². The summed E-state index contributed by atoms with van der Waals surface area (Å²) in [5.74, 6) is 0. The maximum absolute atomic E-state index is 2.39. The molecule has 51 heavy (non-hydrogen) atoms. The lowest BCUT2D eigenvalue weighted by Crippen LogP contribution is -2.11. The average molecular weight is 650 g/mol. The molecule has 0 bridgehead atoms. The molecule has 9 rings (SSSR count). The maximum atomic E-state index is 2.39. The molecule has 0 aliphatic carbocycles. The second-order valence-corrected chi connectivity index (χ2v) is 12.9. The van der Waals surface area contributed by atoms with E-state index >= 15 is 0 Å². The van der Waals surface area contributed by atoms with Crippen molar-refractivity contribution in [2.45, 2.75) is 0 Å². The number of rotatable bonds is 7. The molecule has 0 aromatic heterocycles. The Morgan fingerprint density at radius 2 is 0.725 bits per heavy atom. The van der Waals surface area contributed by atoms with Crippen molar-refractivity contribution in [2.75, 3.05) is 4.90 Å². The Morgan fingerprint density at radius 1 is 0.255 bits per heavy atom. The molecule has 0 N–H and O–H groups in total. The molecular formula is C50H35N. The monoisotopic (exact) mass is 649 g/mol. The Labute approximate surface area is 299 Å². The predicted molar refractivity (Wildman–Crippen MR) is 218 cm³/mol. The Balaban J connectivity index is 1.19. The molecule has 0 saturated carbocycles. The summed E-state index contributed by atoms with van der Waals surface area (Å²) in [5, 5.41) is 5.00. The van der Waals surface area contributed by atoms with Crippen LogP contribution in [0.1, 0.15) is 0 Å². The minimum atomic E-state index is 1.10. The molecule has 9 aromatic carbocycles. The van der Waals surface area contributed by atoms with Gasteiger partial charge in [-0.3, -0.25) is 0 Å². The SMILES string of the molecule is c1ccc(-c2ccccc2N(c2ccc(-c3cccc4ccccc34)cc2)c2ccc(-c3c(-c4ccccc4)ccc4ccccc34)cc2)cc1. The van der Waals surface area contributed by atoms with E-state index in [1.807, 2.05) is 0 Å². The first-order chi connectivity index (χ1) is 25.3. The number of anilines is 3. The van der Waals surface area contributed by atoms with Gasteiger partial charge in [-0.2, -0.15) is 0 Å². The number of nitrogens with zero attached hydrogens (tertiary/aromatic N) is 1. The van der Waals surface area contributed by atoms with Crippen LogP contribution in [0.3, 0.4) is 0 Å². The zero-order chi connectivity index (χ0) is 34.0. The van der Waals surface area contributed by atoms with E-state index in [4.69, 9.17) is 0 Å². The highest BCUT2D eigenvalue weighted by Gasteiger charge is 2.19. The highest BCUT2D eigenvalue weighted by Crippen LogP contribution is 2.44. The second-order valence-electron chi connectivity index (χ2n) is 12.9. The van der Waals surface area contributed by atoms with Crippen molar-refractivity contribution in [1.82, 2.24) is 0 Å². The summed E-state index contributed by atoms with van der Waals surface area (Å²) < 4.78 is 0. The fourth-order valence-electron chi connectivity index (χ4n) is 7.44. The van der Waals surface area contributed by atoms with Gasteiger partial charge in [-0.05, 0) is 90.8 Å². The van der Waals surface area contributed by atoms with Gasteiger partial charge in [-0.15, -0.1) is 0 Å². The largest absolute Gasteiger partial charge is 0.310 e.